The second-order valence-electron chi connectivity index (χ2n) is 6.24. The van der Waals surface area contributed by atoms with Gasteiger partial charge in [0.1, 0.15) is 0 Å². The van der Waals surface area contributed by atoms with E-state index >= 15 is 0 Å². The number of nitrogens with zero attached hydrogens (tertiary/aromatic N) is 1. The van der Waals surface area contributed by atoms with Crippen LogP contribution in [-0.4, -0.2) is 56.2 Å². The molecule has 5 heteroatoms. The van der Waals surface area contributed by atoms with Crippen molar-refractivity contribution in [1.82, 2.24) is 10.2 Å². The Hall–Kier alpha value is -0.650. The van der Waals surface area contributed by atoms with Crippen LogP contribution >= 0.6 is 0 Å². The van der Waals surface area contributed by atoms with Crippen LogP contribution in [0.1, 0.15) is 39.5 Å². The SMILES string of the molecule is CNC(C)(CCCCN1CCC(C)C(OC)C1)C(N)=O. The molecule has 0 aromatic carbocycles. The van der Waals surface area contributed by atoms with Crippen LogP contribution in [0.15, 0.2) is 0 Å². The molecule has 20 heavy (non-hydrogen) atoms. The van der Waals surface area contributed by atoms with Crippen LogP contribution in [0.25, 0.3) is 0 Å². The molecule has 1 fully saturated rings. The number of rotatable bonds is 8. The molecule has 0 bridgehead atoms. The summed E-state index contributed by atoms with van der Waals surface area (Å²) in [7, 11) is 3.59. The highest BCUT2D eigenvalue weighted by Gasteiger charge is 2.29. The molecule has 5 nitrogen and oxygen atoms in total. The number of amides is 1. The van der Waals surface area contributed by atoms with E-state index in [1.54, 1.807) is 14.2 Å². The molecule has 3 atom stereocenters. The molecule has 3 N–H and O–H groups in total. The number of primary amides is 1. The third-order valence-corrected chi connectivity index (χ3v) is 4.77. The van der Waals surface area contributed by atoms with Crippen molar-refractivity contribution in [2.24, 2.45) is 11.7 Å². The lowest BCUT2D eigenvalue weighted by molar-refractivity contribution is -0.123. The summed E-state index contributed by atoms with van der Waals surface area (Å²) < 4.78 is 5.53. The number of carbonyl (C=O) groups excluding carboxylic acids is 1. The Balaban J connectivity index is 2.26. The van der Waals surface area contributed by atoms with E-state index in [1.807, 2.05) is 6.92 Å². The predicted molar refractivity (Wildman–Crippen MR) is 81.5 cm³/mol. The Labute approximate surface area is 123 Å². The van der Waals surface area contributed by atoms with Crippen molar-refractivity contribution >= 4 is 5.91 Å². The van der Waals surface area contributed by atoms with Crippen LogP contribution < -0.4 is 11.1 Å². The van der Waals surface area contributed by atoms with Gasteiger partial charge in [-0.1, -0.05) is 6.92 Å². The Bertz CT molecular complexity index is 311. The van der Waals surface area contributed by atoms with Gasteiger partial charge in [0.15, 0.2) is 0 Å². The van der Waals surface area contributed by atoms with Crippen LogP contribution in [0.3, 0.4) is 0 Å². The Kier molecular flexibility index (Phi) is 6.92. The van der Waals surface area contributed by atoms with Gasteiger partial charge in [-0.3, -0.25) is 4.79 Å². The monoisotopic (exact) mass is 285 g/mol. The van der Waals surface area contributed by atoms with Crippen molar-refractivity contribution in [3.8, 4) is 0 Å². The molecule has 0 saturated carbocycles. The zero-order valence-corrected chi connectivity index (χ0v) is 13.4. The Morgan fingerprint density at radius 1 is 1.50 bits per heavy atom. The lowest BCUT2D eigenvalue weighted by Gasteiger charge is -2.36. The molecule has 1 aliphatic heterocycles. The second kappa shape index (κ2) is 7.96. The number of carbonyl (C=O) groups is 1. The van der Waals surface area contributed by atoms with E-state index < -0.39 is 5.54 Å². The molecular formula is C15H31N3O2. The number of ether oxygens (including phenoxy) is 1. The van der Waals surface area contributed by atoms with Crippen molar-refractivity contribution < 1.29 is 9.53 Å². The maximum Gasteiger partial charge on any atom is 0.237 e. The zero-order chi connectivity index (χ0) is 15.2. The maximum atomic E-state index is 11.4. The first-order chi connectivity index (χ1) is 9.42. The van der Waals surface area contributed by atoms with Crippen LogP contribution in [-0.2, 0) is 9.53 Å². The van der Waals surface area contributed by atoms with E-state index in [2.05, 4.69) is 17.1 Å². The number of hydrogen-bond acceptors (Lipinski definition) is 4. The first kappa shape index (κ1) is 17.4. The van der Waals surface area contributed by atoms with Crippen molar-refractivity contribution in [3.63, 3.8) is 0 Å². The fraction of sp³-hybridized carbons (Fsp3) is 0.933. The van der Waals surface area contributed by atoms with Crippen LogP contribution in [0.2, 0.25) is 0 Å². The minimum atomic E-state index is -0.578. The molecule has 0 spiro atoms. The highest BCUT2D eigenvalue weighted by Crippen LogP contribution is 2.20. The average molecular weight is 285 g/mol. The van der Waals surface area contributed by atoms with E-state index in [4.69, 9.17) is 10.5 Å². The summed E-state index contributed by atoms with van der Waals surface area (Å²) in [6.07, 6.45) is 4.45. The molecule has 0 radical (unpaired) electrons. The molecule has 3 unspecified atom stereocenters. The fourth-order valence-corrected chi connectivity index (χ4v) is 2.79. The smallest absolute Gasteiger partial charge is 0.237 e. The topological polar surface area (TPSA) is 67.6 Å². The highest BCUT2D eigenvalue weighted by atomic mass is 16.5. The number of likely N-dealkylation sites (tertiary alicyclic amines) is 1. The normalized spacial score (nSPS) is 27.2. The quantitative estimate of drug-likeness (QED) is 0.652. The van der Waals surface area contributed by atoms with Crippen molar-refractivity contribution in [2.75, 3.05) is 33.8 Å². The summed E-state index contributed by atoms with van der Waals surface area (Å²) in [5.41, 5.74) is 4.85. The predicted octanol–water partition coefficient (Wildman–Crippen LogP) is 0.977. The summed E-state index contributed by atoms with van der Waals surface area (Å²) in [4.78, 5) is 13.9. The van der Waals surface area contributed by atoms with Crippen molar-refractivity contribution in [2.45, 2.75) is 51.2 Å². The molecule has 1 aliphatic rings. The molecule has 1 rings (SSSR count). The van der Waals surface area contributed by atoms with Gasteiger partial charge in [0.05, 0.1) is 11.6 Å². The summed E-state index contributed by atoms with van der Waals surface area (Å²) in [5.74, 6) is 0.380. The lowest BCUT2D eigenvalue weighted by atomic mass is 9.93. The molecule has 118 valence electrons. The van der Waals surface area contributed by atoms with Gasteiger partial charge in [0, 0.05) is 13.7 Å². The number of nitrogens with two attached hydrogens (primary N) is 1. The van der Waals surface area contributed by atoms with Crippen LogP contribution in [0.5, 0.6) is 0 Å². The van der Waals surface area contributed by atoms with E-state index in [9.17, 15) is 4.79 Å². The van der Waals surface area contributed by atoms with Crippen molar-refractivity contribution in [1.29, 1.82) is 0 Å². The highest BCUT2D eigenvalue weighted by molar-refractivity contribution is 5.84. The minimum Gasteiger partial charge on any atom is -0.380 e. The van der Waals surface area contributed by atoms with Crippen molar-refractivity contribution in [3.05, 3.63) is 0 Å². The maximum absolute atomic E-state index is 11.4. The van der Waals surface area contributed by atoms with Gasteiger partial charge in [-0.05, 0) is 58.7 Å². The average Bonchev–Trinajstić information content (AvgIpc) is 2.44. The van der Waals surface area contributed by atoms with Gasteiger partial charge in [0.25, 0.3) is 0 Å². The summed E-state index contributed by atoms with van der Waals surface area (Å²) >= 11 is 0. The lowest BCUT2D eigenvalue weighted by Crippen LogP contribution is -2.51. The molecule has 1 amide bonds. The Morgan fingerprint density at radius 2 is 2.20 bits per heavy atom. The second-order valence-corrected chi connectivity index (χ2v) is 6.24. The molecule has 1 heterocycles. The van der Waals surface area contributed by atoms with E-state index in [0.717, 1.165) is 38.9 Å². The molecule has 0 aromatic rings. The minimum absolute atomic E-state index is 0.272. The molecule has 1 saturated heterocycles. The fourth-order valence-electron chi connectivity index (χ4n) is 2.79. The zero-order valence-electron chi connectivity index (χ0n) is 13.4. The first-order valence-corrected chi connectivity index (χ1v) is 7.67. The number of nitrogens with one attached hydrogen (secondary N) is 1. The third-order valence-electron chi connectivity index (χ3n) is 4.77. The van der Waals surface area contributed by atoms with Gasteiger partial charge in [-0.2, -0.15) is 0 Å². The summed E-state index contributed by atoms with van der Waals surface area (Å²) in [5, 5.41) is 3.03. The van der Waals surface area contributed by atoms with Gasteiger partial charge in [0.2, 0.25) is 5.91 Å². The van der Waals surface area contributed by atoms with Crippen LogP contribution in [0.4, 0.5) is 0 Å². The van der Waals surface area contributed by atoms with E-state index in [1.165, 1.54) is 6.42 Å². The van der Waals surface area contributed by atoms with Crippen LogP contribution in [0, 0.1) is 5.92 Å². The van der Waals surface area contributed by atoms with Gasteiger partial charge in [-0.15, -0.1) is 0 Å². The number of likely N-dealkylation sites (N-methyl/N-ethyl adjacent to an activating group) is 1. The summed E-state index contributed by atoms with van der Waals surface area (Å²) in [6, 6.07) is 0. The summed E-state index contributed by atoms with van der Waals surface area (Å²) in [6.45, 7) is 7.39. The number of hydrogen-bond donors (Lipinski definition) is 2. The standard InChI is InChI=1S/C15H31N3O2/c1-12-7-10-18(11-13(12)20-4)9-6-5-8-15(2,17-3)14(16)19/h12-13,17H,5-11H2,1-4H3,(H2,16,19). The van der Waals surface area contributed by atoms with E-state index in [-0.39, 0.29) is 5.91 Å². The Morgan fingerprint density at radius 3 is 2.75 bits per heavy atom. The molecular weight excluding hydrogens is 254 g/mol. The molecule has 0 aliphatic carbocycles. The number of methoxy groups -OCH3 is 1. The van der Waals surface area contributed by atoms with Gasteiger partial charge in [-0.25, -0.2) is 0 Å². The number of piperidine rings is 1. The van der Waals surface area contributed by atoms with Gasteiger partial charge >= 0.3 is 0 Å². The molecule has 0 aromatic heterocycles. The number of unbranched alkanes of at least 4 members (excludes halogenated alkanes) is 1. The third kappa shape index (κ3) is 4.72. The van der Waals surface area contributed by atoms with Gasteiger partial charge < -0.3 is 20.7 Å². The van der Waals surface area contributed by atoms with E-state index in [0.29, 0.717) is 12.0 Å². The largest absolute Gasteiger partial charge is 0.380 e. The first-order valence-electron chi connectivity index (χ1n) is 7.67.